The van der Waals surface area contributed by atoms with Crippen LogP contribution in [0.5, 0.6) is 0 Å². The Morgan fingerprint density at radius 1 is 1.35 bits per heavy atom. The minimum absolute atomic E-state index is 0.0167. The molecule has 0 heterocycles. The van der Waals surface area contributed by atoms with Crippen LogP contribution in [0.4, 0.5) is 0 Å². The fourth-order valence-electron chi connectivity index (χ4n) is 3.32. The summed E-state index contributed by atoms with van der Waals surface area (Å²) < 4.78 is 5.68. The maximum Gasteiger partial charge on any atom is 0.308 e. The summed E-state index contributed by atoms with van der Waals surface area (Å²) in [6.45, 7) is 8.34. The largest absolute Gasteiger partial charge is 0.462 e. The third kappa shape index (κ3) is 2.41. The number of allylic oxidation sites excluding steroid dienone is 2. The molecule has 2 nitrogen and oxygen atoms in total. The predicted octanol–water partition coefficient (Wildman–Crippen LogP) is 3.42. The summed E-state index contributed by atoms with van der Waals surface area (Å²) in [4.78, 5) is 11.7. The van der Waals surface area contributed by atoms with Crippen LogP contribution in [0.3, 0.4) is 0 Å². The summed E-state index contributed by atoms with van der Waals surface area (Å²) >= 11 is 0. The maximum atomic E-state index is 11.7. The molecule has 0 aliphatic heterocycles. The van der Waals surface area contributed by atoms with Crippen molar-refractivity contribution in [3.63, 3.8) is 0 Å². The first-order valence-corrected chi connectivity index (χ1v) is 6.88. The van der Waals surface area contributed by atoms with E-state index in [9.17, 15) is 4.79 Å². The summed E-state index contributed by atoms with van der Waals surface area (Å²) in [7, 11) is 0. The van der Waals surface area contributed by atoms with Crippen molar-refractivity contribution in [1.82, 2.24) is 0 Å². The lowest BCUT2D eigenvalue weighted by molar-refractivity contribution is -0.160. The fraction of sp³-hybridized carbons (Fsp3) is 0.800. The van der Waals surface area contributed by atoms with Crippen molar-refractivity contribution in [3.05, 3.63) is 12.2 Å². The third-order valence-electron chi connectivity index (χ3n) is 4.52. The highest BCUT2D eigenvalue weighted by molar-refractivity contribution is 5.71. The Morgan fingerprint density at radius 3 is 2.71 bits per heavy atom. The van der Waals surface area contributed by atoms with Gasteiger partial charge in [-0.25, -0.2) is 0 Å². The lowest BCUT2D eigenvalue weighted by Crippen LogP contribution is -2.41. The first-order valence-electron chi connectivity index (χ1n) is 6.88. The van der Waals surface area contributed by atoms with Crippen molar-refractivity contribution in [1.29, 1.82) is 0 Å². The second kappa shape index (κ2) is 4.83. The van der Waals surface area contributed by atoms with Crippen LogP contribution >= 0.6 is 0 Å². The molecule has 2 aliphatic carbocycles. The summed E-state index contributed by atoms with van der Waals surface area (Å²) in [6.07, 6.45) is 6.97. The summed E-state index contributed by atoms with van der Waals surface area (Å²) in [5.74, 6) is 2.46. The topological polar surface area (TPSA) is 26.3 Å². The zero-order chi connectivity index (χ0) is 12.6. The van der Waals surface area contributed by atoms with Crippen LogP contribution in [0, 0.1) is 29.6 Å². The van der Waals surface area contributed by atoms with Crippen LogP contribution in [0.15, 0.2) is 12.2 Å². The van der Waals surface area contributed by atoms with Gasteiger partial charge in [-0.2, -0.15) is 0 Å². The molecule has 0 saturated heterocycles. The van der Waals surface area contributed by atoms with E-state index >= 15 is 0 Å². The van der Waals surface area contributed by atoms with E-state index in [-0.39, 0.29) is 18.0 Å². The lowest BCUT2D eigenvalue weighted by atomic mass is 9.68. The Labute approximate surface area is 104 Å². The Bertz CT molecular complexity index is 319. The van der Waals surface area contributed by atoms with Gasteiger partial charge in [-0.3, -0.25) is 4.79 Å². The van der Waals surface area contributed by atoms with Crippen LogP contribution < -0.4 is 0 Å². The van der Waals surface area contributed by atoms with E-state index in [2.05, 4.69) is 26.0 Å². The van der Waals surface area contributed by atoms with Crippen LogP contribution in [-0.4, -0.2) is 12.1 Å². The first-order chi connectivity index (χ1) is 8.00. The molecule has 17 heavy (non-hydrogen) atoms. The fourth-order valence-corrected chi connectivity index (χ4v) is 3.32. The minimum atomic E-state index is -0.0431. The van der Waals surface area contributed by atoms with E-state index in [4.69, 9.17) is 4.74 Å². The number of ether oxygens (including phenoxy) is 1. The zero-order valence-corrected chi connectivity index (χ0v) is 11.3. The molecular weight excluding hydrogens is 212 g/mol. The average Bonchev–Trinajstić information content (AvgIpc) is 2.74. The molecule has 2 heteroatoms. The molecule has 1 saturated carbocycles. The van der Waals surface area contributed by atoms with Crippen molar-refractivity contribution in [3.8, 4) is 0 Å². The Kier molecular flexibility index (Phi) is 3.60. The van der Waals surface area contributed by atoms with Gasteiger partial charge in [-0.15, -0.1) is 0 Å². The number of fused-ring (bicyclic) bond motifs is 1. The second-order valence-corrected chi connectivity index (χ2v) is 6.11. The summed E-state index contributed by atoms with van der Waals surface area (Å²) in [6, 6.07) is 0. The quantitative estimate of drug-likeness (QED) is 0.542. The molecule has 0 amide bonds. The van der Waals surface area contributed by atoms with Crippen LogP contribution in [0.25, 0.3) is 0 Å². The molecule has 2 aliphatic rings. The second-order valence-electron chi connectivity index (χ2n) is 6.11. The molecule has 96 valence electrons. The molecular formula is C15H24O2. The van der Waals surface area contributed by atoms with E-state index in [1.54, 1.807) is 0 Å². The summed E-state index contributed by atoms with van der Waals surface area (Å²) in [5.41, 5.74) is 0. The van der Waals surface area contributed by atoms with Gasteiger partial charge in [0.2, 0.25) is 0 Å². The maximum absolute atomic E-state index is 11.7. The van der Waals surface area contributed by atoms with Gasteiger partial charge in [0.15, 0.2) is 0 Å². The van der Waals surface area contributed by atoms with Crippen molar-refractivity contribution < 1.29 is 9.53 Å². The number of carbonyl (C=O) groups is 1. The normalized spacial score (nSPS) is 40.4. The Balaban J connectivity index is 2.02. The molecule has 0 spiro atoms. The molecule has 5 atom stereocenters. The van der Waals surface area contributed by atoms with Gasteiger partial charge >= 0.3 is 5.97 Å². The number of carbonyl (C=O) groups excluding carboxylic acids is 1. The highest BCUT2D eigenvalue weighted by atomic mass is 16.5. The van der Waals surface area contributed by atoms with Gasteiger partial charge in [-0.1, -0.05) is 39.8 Å². The van der Waals surface area contributed by atoms with Crippen molar-refractivity contribution >= 4 is 5.97 Å². The van der Waals surface area contributed by atoms with Gasteiger partial charge in [0, 0.05) is 0 Å². The van der Waals surface area contributed by atoms with E-state index < -0.39 is 0 Å². The van der Waals surface area contributed by atoms with E-state index in [0.717, 1.165) is 12.8 Å². The van der Waals surface area contributed by atoms with Crippen molar-refractivity contribution in [2.75, 3.05) is 0 Å². The number of esters is 1. The number of hydrogen-bond acceptors (Lipinski definition) is 2. The summed E-state index contributed by atoms with van der Waals surface area (Å²) in [5, 5.41) is 0. The molecule has 2 rings (SSSR count). The monoisotopic (exact) mass is 236 g/mol. The van der Waals surface area contributed by atoms with E-state index in [1.165, 1.54) is 0 Å². The molecule has 0 bridgehead atoms. The zero-order valence-electron chi connectivity index (χ0n) is 11.3. The van der Waals surface area contributed by atoms with Crippen LogP contribution in [-0.2, 0) is 9.53 Å². The smallest absolute Gasteiger partial charge is 0.308 e. The Hall–Kier alpha value is -0.790. The lowest BCUT2D eigenvalue weighted by Gasteiger charge is -2.41. The highest BCUT2D eigenvalue weighted by Crippen LogP contribution is 2.45. The molecule has 0 aromatic carbocycles. The molecule has 2 unspecified atom stereocenters. The van der Waals surface area contributed by atoms with Crippen molar-refractivity contribution in [2.45, 2.75) is 46.6 Å². The number of rotatable bonds is 2. The minimum Gasteiger partial charge on any atom is -0.462 e. The van der Waals surface area contributed by atoms with Gasteiger partial charge < -0.3 is 4.74 Å². The van der Waals surface area contributed by atoms with Gasteiger partial charge in [-0.05, 0) is 36.5 Å². The Morgan fingerprint density at radius 2 is 2.06 bits per heavy atom. The van der Waals surface area contributed by atoms with Gasteiger partial charge in [0.1, 0.15) is 6.10 Å². The molecule has 0 N–H and O–H groups in total. The van der Waals surface area contributed by atoms with E-state index in [0.29, 0.717) is 23.7 Å². The average molecular weight is 236 g/mol. The molecule has 0 aromatic heterocycles. The van der Waals surface area contributed by atoms with Gasteiger partial charge in [0.25, 0.3) is 0 Å². The standard InChI is InChI=1S/C15H24O2/c1-9(2)15(16)17-14-8-10(3)12-6-5-7-13(12)11(14)4/h5-6,9-14H,7-8H2,1-4H3/t10?,11?,12-,13+,14-/m0/s1. The highest BCUT2D eigenvalue weighted by Gasteiger charge is 2.42. The predicted molar refractivity (Wildman–Crippen MR) is 68.4 cm³/mol. The van der Waals surface area contributed by atoms with Crippen LogP contribution in [0.2, 0.25) is 0 Å². The van der Waals surface area contributed by atoms with E-state index in [1.807, 2.05) is 13.8 Å². The number of hydrogen-bond donors (Lipinski definition) is 0. The molecule has 0 aromatic rings. The third-order valence-corrected chi connectivity index (χ3v) is 4.52. The first kappa shape index (κ1) is 12.7. The van der Waals surface area contributed by atoms with Gasteiger partial charge in [0.05, 0.1) is 5.92 Å². The van der Waals surface area contributed by atoms with Crippen molar-refractivity contribution in [2.24, 2.45) is 29.6 Å². The van der Waals surface area contributed by atoms with Crippen LogP contribution in [0.1, 0.15) is 40.5 Å². The SMILES string of the molecule is CC(C)C(=O)O[C@H]1CC(C)[C@@H]2C=CC[C@@H]2C1C. The molecule has 1 fully saturated rings. The molecule has 0 radical (unpaired) electrons.